The van der Waals surface area contributed by atoms with E-state index in [0.29, 0.717) is 10.7 Å². The molecule has 1 amide bonds. The molecule has 0 aliphatic heterocycles. The smallest absolute Gasteiger partial charge is 0.406 e. The fourth-order valence-electron chi connectivity index (χ4n) is 8.45. The first-order valence-electron chi connectivity index (χ1n) is 19.4. The number of aromatic nitrogens is 7. The minimum Gasteiger partial charge on any atom is -0.406 e. The summed E-state index contributed by atoms with van der Waals surface area (Å²) in [7, 11) is -2.59. The number of rotatable bonds is 12. The van der Waals surface area contributed by atoms with Gasteiger partial charge in [0.15, 0.2) is 11.5 Å². The molecule has 1 saturated carbocycles. The highest BCUT2D eigenvalue weighted by atomic mass is 35.5. The van der Waals surface area contributed by atoms with Crippen molar-refractivity contribution >= 4 is 55.3 Å². The van der Waals surface area contributed by atoms with Crippen molar-refractivity contribution in [3.05, 3.63) is 122 Å². The van der Waals surface area contributed by atoms with E-state index >= 15 is 8.78 Å². The van der Waals surface area contributed by atoms with Crippen molar-refractivity contribution in [2.24, 2.45) is 13.0 Å². The summed E-state index contributed by atoms with van der Waals surface area (Å²) >= 11 is 6.59. The molecule has 0 radical (unpaired) electrons. The zero-order valence-corrected chi connectivity index (χ0v) is 35.2. The number of hydrogen-bond acceptors (Lipinski definition) is 9. The lowest BCUT2D eigenvalue weighted by Gasteiger charge is -2.24. The number of aryl methyl sites for hydroxylation is 1. The van der Waals surface area contributed by atoms with Gasteiger partial charge in [-0.2, -0.15) is 19.0 Å². The van der Waals surface area contributed by atoms with Crippen molar-refractivity contribution in [2.45, 2.75) is 50.1 Å². The van der Waals surface area contributed by atoms with Gasteiger partial charge in [0.1, 0.15) is 41.1 Å². The van der Waals surface area contributed by atoms with Gasteiger partial charge in [-0.25, -0.2) is 35.9 Å². The topological polar surface area (TPSA) is 168 Å². The summed E-state index contributed by atoms with van der Waals surface area (Å²) in [4.78, 5) is 38.3. The molecule has 0 saturated heterocycles. The Balaban J connectivity index is 1.24. The van der Waals surface area contributed by atoms with Crippen LogP contribution in [0, 0.1) is 17.6 Å². The second-order valence-electron chi connectivity index (χ2n) is 15.7. The Kier molecular flexibility index (Phi) is 10.6. The SMILES string of the molecule is Cn1nc(NS(C)(=O)=O)c2c(Cl)ccc(-n3c([C@H](Cc4cc(F)cc(F)c4)NC(=O)Cn4nc(C(F)F)c5c4C(F)(F)[C@@H]4C[C@H]54)nc4nc(-c5ccc(OC(F)(F)F)cc5)ccc4c3=O)c21. The van der Waals surface area contributed by atoms with Gasteiger partial charge in [-0.1, -0.05) is 11.6 Å². The lowest BCUT2D eigenvalue weighted by Crippen LogP contribution is -2.38. The Morgan fingerprint density at radius 1 is 1.00 bits per heavy atom. The number of nitrogens with zero attached hydrogens (tertiary/aromatic N) is 7. The van der Waals surface area contributed by atoms with Crippen molar-refractivity contribution in [1.82, 2.24) is 39.4 Å². The van der Waals surface area contributed by atoms with Crippen LogP contribution in [-0.2, 0) is 40.8 Å². The molecule has 3 atom stereocenters. The van der Waals surface area contributed by atoms with Gasteiger partial charge in [0.2, 0.25) is 15.9 Å². The van der Waals surface area contributed by atoms with E-state index in [1.54, 1.807) is 0 Å². The van der Waals surface area contributed by atoms with Gasteiger partial charge in [0.05, 0.1) is 45.0 Å². The number of pyridine rings is 1. The quantitative estimate of drug-likeness (QED) is 0.115. The Morgan fingerprint density at radius 2 is 1.70 bits per heavy atom. The standard InChI is InChI=1S/C41H29ClF9N9O5S/c1-58-33-28(10-8-25(42)31(33)37(56-58)57-66(2,63)64)60-38(54-36-22(39(60)62)7-9-26(53-36)18-3-5-21(6-4-18)65-41(49,50)51)27(13-17-11-19(43)14-20(44)12-17)52-29(61)16-59-34-30(32(55-59)35(45)46)23-15-24(23)40(34,47)48/h3-12,14,23-24,27,35H,13,15-16H2,1-2H3,(H,52,61)(H,56,57)/t23-,24+,27-/m0/s1. The minimum atomic E-state index is -4.98. The van der Waals surface area contributed by atoms with Crippen LogP contribution in [0.2, 0.25) is 5.02 Å². The summed E-state index contributed by atoms with van der Waals surface area (Å²) in [5.74, 6) is -10.2. The first-order chi connectivity index (χ1) is 31.0. The zero-order valence-electron chi connectivity index (χ0n) is 33.6. The Bertz CT molecular complexity index is 3300. The average molecular weight is 966 g/mol. The predicted octanol–water partition coefficient (Wildman–Crippen LogP) is 7.98. The average Bonchev–Trinajstić information content (AvgIpc) is 3.75. The van der Waals surface area contributed by atoms with Crippen LogP contribution in [0.1, 0.15) is 53.1 Å². The summed E-state index contributed by atoms with van der Waals surface area (Å²) in [5.41, 5.74) is -3.27. The number of alkyl halides is 7. The third-order valence-corrected chi connectivity index (χ3v) is 11.9. The summed E-state index contributed by atoms with van der Waals surface area (Å²) in [6.07, 6.45) is -8.03. The molecule has 7 aromatic rings. The molecular formula is C41H29ClF9N9O5S. The van der Waals surface area contributed by atoms with Crippen molar-refractivity contribution in [1.29, 1.82) is 0 Å². The number of anilines is 1. The molecule has 1 fully saturated rings. The van der Waals surface area contributed by atoms with Gasteiger partial charge >= 0.3 is 6.36 Å². The van der Waals surface area contributed by atoms with Crippen molar-refractivity contribution in [2.75, 3.05) is 11.0 Å². The number of nitrogens with one attached hydrogen (secondary N) is 2. The summed E-state index contributed by atoms with van der Waals surface area (Å²) in [6.45, 7) is -1.07. The minimum absolute atomic E-state index is 0.0122. The molecule has 4 aromatic heterocycles. The van der Waals surface area contributed by atoms with E-state index < -0.39 is 106 Å². The molecule has 2 aliphatic carbocycles. The van der Waals surface area contributed by atoms with E-state index in [0.717, 1.165) is 35.1 Å². The lowest BCUT2D eigenvalue weighted by molar-refractivity contribution is -0.274. The Labute approximate surface area is 370 Å². The molecule has 66 heavy (non-hydrogen) atoms. The molecule has 0 spiro atoms. The highest BCUT2D eigenvalue weighted by molar-refractivity contribution is 7.92. The van der Waals surface area contributed by atoms with Gasteiger partial charge in [0, 0.05) is 36.6 Å². The summed E-state index contributed by atoms with van der Waals surface area (Å²) < 4.78 is 161. The normalized spacial score (nSPS) is 17.0. The van der Waals surface area contributed by atoms with Crippen LogP contribution in [-0.4, -0.2) is 61.0 Å². The van der Waals surface area contributed by atoms with E-state index in [1.807, 2.05) is 0 Å². The van der Waals surface area contributed by atoms with Crippen LogP contribution < -0.4 is 20.3 Å². The van der Waals surface area contributed by atoms with Gasteiger partial charge in [-0.05, 0) is 78.6 Å². The number of hydrogen-bond donors (Lipinski definition) is 2. The van der Waals surface area contributed by atoms with Gasteiger partial charge in [0.25, 0.3) is 17.9 Å². The first kappa shape index (κ1) is 44.5. The molecular weight excluding hydrogens is 937 g/mol. The monoisotopic (exact) mass is 965 g/mol. The highest BCUT2D eigenvalue weighted by Gasteiger charge is 2.67. The molecule has 9 rings (SSSR count). The molecule has 344 valence electrons. The maximum absolute atomic E-state index is 15.5. The number of fused-ring (bicyclic) bond motifs is 5. The molecule has 2 N–H and O–H groups in total. The van der Waals surface area contributed by atoms with Crippen LogP contribution in [0.25, 0.3) is 38.9 Å². The van der Waals surface area contributed by atoms with Gasteiger partial charge in [-0.3, -0.25) is 28.2 Å². The van der Waals surface area contributed by atoms with Crippen LogP contribution in [0.15, 0.2) is 71.5 Å². The fraction of sp³-hybridized carbons (Fsp3) is 0.268. The summed E-state index contributed by atoms with van der Waals surface area (Å²) in [5, 5.41) is 10.3. The van der Waals surface area contributed by atoms with Gasteiger partial charge < -0.3 is 10.1 Å². The molecule has 25 heteroatoms. The second kappa shape index (κ2) is 15.7. The first-order valence-corrected chi connectivity index (χ1v) is 21.7. The van der Waals surface area contributed by atoms with Crippen LogP contribution in [0.3, 0.4) is 0 Å². The maximum atomic E-state index is 15.5. The molecule has 0 bridgehead atoms. The second-order valence-corrected chi connectivity index (χ2v) is 17.8. The number of halogens is 10. The number of amides is 1. The number of benzene rings is 3. The van der Waals surface area contributed by atoms with E-state index in [1.165, 1.54) is 48.1 Å². The van der Waals surface area contributed by atoms with E-state index in [2.05, 4.69) is 34.9 Å². The number of carbonyl (C=O) groups excluding carboxylic acids is 1. The number of carbonyl (C=O) groups is 1. The van der Waals surface area contributed by atoms with E-state index in [4.69, 9.17) is 11.6 Å². The molecule has 3 aromatic carbocycles. The van der Waals surface area contributed by atoms with E-state index in [9.17, 15) is 48.7 Å². The largest absolute Gasteiger partial charge is 0.573 e. The number of ether oxygens (including phenoxy) is 1. The van der Waals surface area contributed by atoms with Gasteiger partial charge in [-0.15, -0.1) is 13.2 Å². The lowest BCUT2D eigenvalue weighted by atomic mass is 10.0. The Morgan fingerprint density at radius 3 is 2.35 bits per heavy atom. The van der Waals surface area contributed by atoms with Crippen LogP contribution >= 0.6 is 11.6 Å². The Hall–Kier alpha value is -6.69. The molecule has 0 unspecified atom stereocenters. The molecule has 4 heterocycles. The summed E-state index contributed by atoms with van der Waals surface area (Å²) in [6, 6.07) is 10.5. The fourth-order valence-corrected chi connectivity index (χ4v) is 9.18. The predicted molar refractivity (Wildman–Crippen MR) is 218 cm³/mol. The molecule has 2 aliphatic rings. The zero-order chi connectivity index (χ0) is 47.4. The van der Waals surface area contributed by atoms with Crippen molar-refractivity contribution < 1.29 is 57.5 Å². The van der Waals surface area contributed by atoms with Crippen molar-refractivity contribution in [3.8, 4) is 22.7 Å². The van der Waals surface area contributed by atoms with Crippen molar-refractivity contribution in [3.63, 3.8) is 0 Å². The third kappa shape index (κ3) is 8.15. The van der Waals surface area contributed by atoms with E-state index in [-0.39, 0.29) is 67.3 Å². The molecule has 14 nitrogen and oxygen atoms in total. The number of sulfonamides is 1. The highest BCUT2D eigenvalue weighted by Crippen LogP contribution is 2.68. The van der Waals surface area contributed by atoms with Crippen LogP contribution in [0.5, 0.6) is 5.75 Å². The third-order valence-electron chi connectivity index (χ3n) is 11.1. The van der Waals surface area contributed by atoms with Crippen LogP contribution in [0.4, 0.5) is 45.3 Å². The maximum Gasteiger partial charge on any atom is 0.573 e.